The molecule has 0 saturated carbocycles. The van der Waals surface area contributed by atoms with Crippen LogP contribution in [0.25, 0.3) is 0 Å². The van der Waals surface area contributed by atoms with Crippen LogP contribution in [0.4, 0.5) is 4.39 Å². The summed E-state index contributed by atoms with van der Waals surface area (Å²) in [5.41, 5.74) is 0.693. The lowest BCUT2D eigenvalue weighted by Gasteiger charge is -1.89. The minimum absolute atomic E-state index is 0.259. The van der Waals surface area contributed by atoms with E-state index in [1.807, 2.05) is 0 Å². The Morgan fingerprint density at radius 2 is 1.78 bits per heavy atom. The van der Waals surface area contributed by atoms with Crippen molar-refractivity contribution in [2.24, 2.45) is 0 Å². The van der Waals surface area contributed by atoms with Crippen molar-refractivity contribution in [3.63, 3.8) is 0 Å². The van der Waals surface area contributed by atoms with Crippen LogP contribution in [0.3, 0.4) is 0 Å². The molecule has 0 aliphatic heterocycles. The smallest absolute Gasteiger partial charge is 0.123 e. The number of halogens is 2. The summed E-state index contributed by atoms with van der Waals surface area (Å²) in [7, 11) is 0. The average Bonchev–Trinajstić information content (AvgIpc) is 1.90. The number of hydrogen-bond acceptors (Lipinski definition) is 0. The van der Waals surface area contributed by atoms with E-state index in [0.717, 1.165) is 0 Å². The van der Waals surface area contributed by atoms with Crippen LogP contribution < -0.4 is 0 Å². The third kappa shape index (κ3) is 1.68. The minimum Gasteiger partial charge on any atom is -0.207 e. The molecule has 1 aromatic rings. The zero-order valence-electron chi connectivity index (χ0n) is 4.57. The molecule has 0 N–H and O–H groups in total. The predicted octanol–water partition coefficient (Wildman–Crippen LogP) is 2.45. The topological polar surface area (TPSA) is 0 Å². The fourth-order valence-corrected chi connectivity index (χ4v) is 0.639. The molecule has 2 heteroatoms. The van der Waals surface area contributed by atoms with Crippen molar-refractivity contribution in [1.82, 2.24) is 0 Å². The fraction of sp³-hybridized carbons (Fsp3) is 0. The van der Waals surface area contributed by atoms with Crippen molar-refractivity contribution in [1.29, 1.82) is 0 Å². The molecule has 0 nitrogen and oxygen atoms in total. The molecule has 2 radical (unpaired) electrons. The molecular weight excluding hydrogens is 139 g/mol. The molecular formula is C7H4ClF. The van der Waals surface area contributed by atoms with Gasteiger partial charge >= 0.3 is 0 Å². The van der Waals surface area contributed by atoms with Gasteiger partial charge in [0.25, 0.3) is 0 Å². The fourth-order valence-electron chi connectivity index (χ4n) is 0.513. The van der Waals surface area contributed by atoms with E-state index in [-0.39, 0.29) is 5.82 Å². The Bertz CT molecular complexity index is 181. The minimum atomic E-state index is -0.259. The summed E-state index contributed by atoms with van der Waals surface area (Å²) < 4.78 is 12.2. The van der Waals surface area contributed by atoms with Gasteiger partial charge in [0.15, 0.2) is 0 Å². The molecule has 1 aromatic carbocycles. The summed E-state index contributed by atoms with van der Waals surface area (Å²) in [4.78, 5) is 0. The molecule has 0 aromatic heterocycles. The van der Waals surface area contributed by atoms with Crippen molar-refractivity contribution < 1.29 is 4.39 Å². The molecule has 0 fully saturated rings. The van der Waals surface area contributed by atoms with Gasteiger partial charge in [-0.1, -0.05) is 12.1 Å². The highest BCUT2D eigenvalue weighted by Gasteiger charge is 1.89. The molecule has 0 atom stereocenters. The molecule has 0 heterocycles. The summed E-state index contributed by atoms with van der Waals surface area (Å²) in [6, 6.07) is 5.79. The summed E-state index contributed by atoms with van der Waals surface area (Å²) >= 11 is 5.21. The van der Waals surface area contributed by atoms with Crippen LogP contribution in [-0.4, -0.2) is 0 Å². The summed E-state index contributed by atoms with van der Waals surface area (Å²) in [6.07, 6.45) is 0. The van der Waals surface area contributed by atoms with Gasteiger partial charge in [0.05, 0.1) is 0 Å². The van der Waals surface area contributed by atoms with Crippen LogP contribution in [-0.2, 0) is 0 Å². The van der Waals surface area contributed by atoms with E-state index >= 15 is 0 Å². The van der Waals surface area contributed by atoms with Crippen molar-refractivity contribution >= 4 is 11.6 Å². The predicted molar refractivity (Wildman–Crippen MR) is 34.6 cm³/mol. The molecule has 46 valence electrons. The van der Waals surface area contributed by atoms with Crippen LogP contribution in [0.15, 0.2) is 24.3 Å². The molecule has 0 bridgehead atoms. The van der Waals surface area contributed by atoms with Crippen molar-refractivity contribution in [2.75, 3.05) is 0 Å². The third-order valence-corrected chi connectivity index (χ3v) is 1.17. The lowest BCUT2D eigenvalue weighted by Crippen LogP contribution is -1.74. The van der Waals surface area contributed by atoms with Crippen molar-refractivity contribution in [3.05, 3.63) is 41.5 Å². The number of rotatable bonds is 1. The van der Waals surface area contributed by atoms with E-state index in [1.54, 1.807) is 12.1 Å². The van der Waals surface area contributed by atoms with Gasteiger partial charge < -0.3 is 0 Å². The highest BCUT2D eigenvalue weighted by molar-refractivity contribution is 6.25. The highest BCUT2D eigenvalue weighted by Crippen LogP contribution is 2.06. The average molecular weight is 143 g/mol. The largest absolute Gasteiger partial charge is 0.207 e. The van der Waals surface area contributed by atoms with Crippen molar-refractivity contribution in [2.45, 2.75) is 0 Å². The first-order valence-corrected chi connectivity index (χ1v) is 2.83. The molecule has 0 aliphatic carbocycles. The molecule has 0 saturated heterocycles. The van der Waals surface area contributed by atoms with E-state index in [0.29, 0.717) is 5.56 Å². The SMILES string of the molecule is Fc1ccc([C]Cl)cc1. The summed E-state index contributed by atoms with van der Waals surface area (Å²) in [6.45, 7) is 0. The van der Waals surface area contributed by atoms with Gasteiger partial charge in [-0.15, -0.1) is 11.6 Å². The second kappa shape index (κ2) is 2.83. The van der Waals surface area contributed by atoms with Crippen LogP contribution in [0.2, 0.25) is 0 Å². The normalized spacial score (nSPS) is 9.56. The Hall–Kier alpha value is -0.560. The first-order valence-electron chi connectivity index (χ1n) is 2.45. The van der Waals surface area contributed by atoms with Crippen molar-refractivity contribution in [3.8, 4) is 0 Å². The van der Waals surface area contributed by atoms with E-state index in [4.69, 9.17) is 11.6 Å². The molecule has 0 spiro atoms. The number of hydrogen-bond donors (Lipinski definition) is 0. The molecule has 0 amide bonds. The van der Waals surface area contributed by atoms with E-state index < -0.39 is 0 Å². The highest BCUT2D eigenvalue weighted by atomic mass is 35.5. The summed E-state index contributed by atoms with van der Waals surface area (Å²) in [5.74, 6) is 2.10. The Morgan fingerprint density at radius 1 is 1.22 bits per heavy atom. The summed E-state index contributed by atoms with van der Waals surface area (Å²) in [5, 5.41) is 0. The monoisotopic (exact) mass is 142 g/mol. The maximum Gasteiger partial charge on any atom is 0.123 e. The van der Waals surface area contributed by atoms with Gasteiger partial charge in [0, 0.05) is 0 Å². The molecule has 1 rings (SSSR count). The lowest BCUT2D eigenvalue weighted by molar-refractivity contribution is 0.627. The molecule has 0 unspecified atom stereocenters. The van der Waals surface area contributed by atoms with E-state index in [1.165, 1.54) is 12.1 Å². The second-order valence-corrected chi connectivity index (χ2v) is 1.79. The zero-order valence-corrected chi connectivity index (χ0v) is 5.32. The van der Waals surface area contributed by atoms with E-state index in [9.17, 15) is 4.39 Å². The maximum atomic E-state index is 12.2. The van der Waals surface area contributed by atoms with Crippen LogP contribution in [0, 0.1) is 11.7 Å². The Morgan fingerprint density at radius 3 is 2.22 bits per heavy atom. The van der Waals surface area contributed by atoms with Gasteiger partial charge in [0.2, 0.25) is 0 Å². The maximum absolute atomic E-state index is 12.2. The molecule has 0 aliphatic rings. The van der Waals surface area contributed by atoms with Gasteiger partial charge in [0.1, 0.15) is 11.7 Å². The first kappa shape index (κ1) is 6.56. The van der Waals surface area contributed by atoms with Crippen LogP contribution in [0.5, 0.6) is 0 Å². The van der Waals surface area contributed by atoms with Gasteiger partial charge in [-0.25, -0.2) is 4.39 Å². The van der Waals surface area contributed by atoms with Crippen LogP contribution in [0.1, 0.15) is 5.56 Å². The standard InChI is InChI=1S/C7H4ClF/c8-5-6-1-3-7(9)4-2-6/h1-4H. The van der Waals surface area contributed by atoms with Gasteiger partial charge in [-0.05, 0) is 17.7 Å². The van der Waals surface area contributed by atoms with E-state index in [2.05, 4.69) is 5.88 Å². The molecule has 9 heavy (non-hydrogen) atoms. The number of benzene rings is 1. The second-order valence-electron chi connectivity index (χ2n) is 1.60. The quantitative estimate of drug-likeness (QED) is 0.565. The zero-order chi connectivity index (χ0) is 6.69. The lowest BCUT2D eigenvalue weighted by atomic mass is 10.2. The van der Waals surface area contributed by atoms with Gasteiger partial charge in [-0.3, -0.25) is 0 Å². The Balaban J connectivity index is 2.88. The Kier molecular flexibility index (Phi) is 2.06. The van der Waals surface area contributed by atoms with Crippen LogP contribution >= 0.6 is 11.6 Å². The Labute approximate surface area is 58.3 Å². The first-order chi connectivity index (χ1) is 4.33. The van der Waals surface area contributed by atoms with Gasteiger partial charge in [-0.2, -0.15) is 0 Å². The third-order valence-electron chi connectivity index (χ3n) is 0.953.